The van der Waals surface area contributed by atoms with E-state index in [9.17, 15) is 0 Å². The van der Waals surface area contributed by atoms with Gasteiger partial charge >= 0.3 is 0 Å². The summed E-state index contributed by atoms with van der Waals surface area (Å²) in [4.78, 5) is 0. The predicted molar refractivity (Wildman–Crippen MR) is 88.4 cm³/mol. The monoisotopic (exact) mass is 268 g/mol. The van der Waals surface area contributed by atoms with Crippen LogP contribution >= 0.6 is 12.6 Å². The molecule has 0 rings (SSSR count). The maximum absolute atomic E-state index is 4.85. The molecule has 0 heterocycles. The molecule has 0 aliphatic carbocycles. The summed E-state index contributed by atoms with van der Waals surface area (Å²) in [6.07, 6.45) is 10.3. The molecular formula is C17H32S. The van der Waals surface area contributed by atoms with Crippen molar-refractivity contribution in [2.75, 3.05) is 0 Å². The fraction of sp³-hybridized carbons (Fsp3) is 0.765. The highest BCUT2D eigenvalue weighted by atomic mass is 32.1. The largest absolute Gasteiger partial charge is 0.173 e. The Kier molecular flexibility index (Phi) is 7.36. The number of hydrogen-bond donors (Lipinski definition) is 1. The van der Waals surface area contributed by atoms with Crippen molar-refractivity contribution in [1.82, 2.24) is 0 Å². The molecule has 2 atom stereocenters. The minimum absolute atomic E-state index is 0.149. The Morgan fingerprint density at radius 3 is 2.28 bits per heavy atom. The summed E-state index contributed by atoms with van der Waals surface area (Å²) in [6.45, 7) is 15.8. The molecule has 0 bridgehead atoms. The predicted octanol–water partition coefficient (Wildman–Crippen LogP) is 6.05. The Morgan fingerprint density at radius 1 is 1.28 bits per heavy atom. The molecule has 0 aromatic rings. The van der Waals surface area contributed by atoms with Gasteiger partial charge < -0.3 is 0 Å². The molecule has 18 heavy (non-hydrogen) atoms. The van der Waals surface area contributed by atoms with E-state index < -0.39 is 0 Å². The summed E-state index contributed by atoms with van der Waals surface area (Å²) in [7, 11) is 0. The Balaban J connectivity index is 4.67. The van der Waals surface area contributed by atoms with Gasteiger partial charge in [0.2, 0.25) is 0 Å². The van der Waals surface area contributed by atoms with Gasteiger partial charge in [-0.2, -0.15) is 12.6 Å². The van der Waals surface area contributed by atoms with Crippen molar-refractivity contribution in [3.63, 3.8) is 0 Å². The maximum atomic E-state index is 4.85. The maximum Gasteiger partial charge on any atom is 0.0107 e. The molecule has 106 valence electrons. The van der Waals surface area contributed by atoms with E-state index in [-0.39, 0.29) is 10.2 Å². The number of rotatable bonds is 7. The van der Waals surface area contributed by atoms with Crippen LogP contribution in [0.4, 0.5) is 0 Å². The van der Waals surface area contributed by atoms with E-state index in [1.807, 2.05) is 0 Å². The van der Waals surface area contributed by atoms with E-state index in [0.29, 0.717) is 5.92 Å². The van der Waals surface area contributed by atoms with E-state index in [1.54, 1.807) is 0 Å². The third-order valence-corrected chi connectivity index (χ3v) is 4.34. The van der Waals surface area contributed by atoms with E-state index in [1.165, 1.54) is 18.4 Å². The van der Waals surface area contributed by atoms with E-state index in [2.05, 4.69) is 66.7 Å². The first kappa shape index (κ1) is 17.8. The number of thiol groups is 1. The zero-order valence-electron chi connectivity index (χ0n) is 13.4. The second kappa shape index (κ2) is 7.43. The van der Waals surface area contributed by atoms with Crippen LogP contribution in [0.1, 0.15) is 67.7 Å². The Bertz CT molecular complexity index is 295. The summed E-state index contributed by atoms with van der Waals surface area (Å²) in [5.41, 5.74) is 1.62. The summed E-state index contributed by atoms with van der Waals surface area (Å²) < 4.78 is 0.149. The molecule has 0 fully saturated rings. The van der Waals surface area contributed by atoms with Gasteiger partial charge in [-0.1, -0.05) is 64.8 Å². The lowest BCUT2D eigenvalue weighted by atomic mass is 9.72. The molecule has 0 spiro atoms. The van der Waals surface area contributed by atoms with Gasteiger partial charge in [0.15, 0.2) is 0 Å². The summed E-state index contributed by atoms with van der Waals surface area (Å²) in [6, 6.07) is 0. The zero-order chi connectivity index (χ0) is 14.4. The first-order valence-corrected chi connectivity index (χ1v) is 7.63. The first-order chi connectivity index (χ1) is 8.14. The molecule has 0 saturated heterocycles. The second-order valence-electron chi connectivity index (χ2n) is 6.59. The van der Waals surface area contributed by atoms with Crippen LogP contribution in [0.15, 0.2) is 23.8 Å². The second-order valence-corrected chi connectivity index (χ2v) is 7.67. The first-order valence-electron chi connectivity index (χ1n) is 7.18. The molecule has 1 heteroatoms. The smallest absolute Gasteiger partial charge is 0.0107 e. The van der Waals surface area contributed by atoms with Gasteiger partial charge in [-0.25, -0.2) is 0 Å². The third kappa shape index (κ3) is 6.68. The lowest BCUT2D eigenvalue weighted by Crippen LogP contribution is -2.30. The topological polar surface area (TPSA) is 0 Å². The van der Waals surface area contributed by atoms with Crippen LogP contribution < -0.4 is 0 Å². The van der Waals surface area contributed by atoms with Crippen molar-refractivity contribution in [2.45, 2.75) is 72.5 Å². The molecule has 0 aromatic carbocycles. The van der Waals surface area contributed by atoms with E-state index in [4.69, 9.17) is 12.6 Å². The number of hydrogen-bond acceptors (Lipinski definition) is 1. The normalized spacial score (nSPS) is 19.0. The Labute approximate surface area is 120 Å². The summed E-state index contributed by atoms with van der Waals surface area (Å²) in [5, 5.41) is 0. The summed E-state index contributed by atoms with van der Waals surface area (Å²) >= 11 is 4.85. The lowest BCUT2D eigenvalue weighted by Gasteiger charge is -2.37. The van der Waals surface area contributed by atoms with E-state index in [0.717, 1.165) is 6.42 Å². The summed E-state index contributed by atoms with van der Waals surface area (Å²) in [5.74, 6) is 0.565. The van der Waals surface area contributed by atoms with Crippen molar-refractivity contribution < 1.29 is 0 Å². The number of allylic oxidation sites excluding steroid dienone is 4. The van der Waals surface area contributed by atoms with Crippen LogP contribution in [-0.4, -0.2) is 4.75 Å². The molecule has 0 saturated carbocycles. The lowest BCUT2D eigenvalue weighted by molar-refractivity contribution is 0.223. The molecule has 0 aromatic heterocycles. The van der Waals surface area contributed by atoms with Crippen LogP contribution in [0.3, 0.4) is 0 Å². The Morgan fingerprint density at radius 2 is 1.83 bits per heavy atom. The average Bonchev–Trinajstić information content (AvgIpc) is 2.23. The fourth-order valence-corrected chi connectivity index (χ4v) is 3.05. The van der Waals surface area contributed by atoms with Crippen LogP contribution in [0.25, 0.3) is 0 Å². The van der Waals surface area contributed by atoms with Gasteiger partial charge in [0.1, 0.15) is 0 Å². The van der Waals surface area contributed by atoms with Crippen molar-refractivity contribution in [3.05, 3.63) is 23.8 Å². The van der Waals surface area contributed by atoms with Gasteiger partial charge in [0.05, 0.1) is 0 Å². The van der Waals surface area contributed by atoms with Gasteiger partial charge in [0.25, 0.3) is 0 Å². The molecule has 0 amide bonds. The van der Waals surface area contributed by atoms with Crippen molar-refractivity contribution in [2.24, 2.45) is 11.3 Å². The van der Waals surface area contributed by atoms with Crippen LogP contribution in [0, 0.1) is 11.3 Å². The minimum Gasteiger partial charge on any atom is -0.173 e. The van der Waals surface area contributed by atoms with Gasteiger partial charge in [-0.05, 0) is 38.0 Å². The quantitative estimate of drug-likeness (QED) is 0.422. The highest BCUT2D eigenvalue weighted by molar-refractivity contribution is 7.81. The van der Waals surface area contributed by atoms with Crippen molar-refractivity contribution in [1.29, 1.82) is 0 Å². The van der Waals surface area contributed by atoms with Gasteiger partial charge in [-0.3, -0.25) is 0 Å². The molecule has 0 aliphatic heterocycles. The van der Waals surface area contributed by atoms with Gasteiger partial charge in [0, 0.05) is 4.75 Å². The highest BCUT2D eigenvalue weighted by Crippen LogP contribution is 2.40. The van der Waals surface area contributed by atoms with Crippen molar-refractivity contribution >= 4 is 12.6 Å². The van der Waals surface area contributed by atoms with Crippen LogP contribution in [0.2, 0.25) is 0 Å². The molecule has 0 nitrogen and oxygen atoms in total. The molecule has 2 unspecified atom stereocenters. The Hall–Kier alpha value is -0.170. The van der Waals surface area contributed by atoms with Crippen LogP contribution in [0.5, 0.6) is 0 Å². The molecule has 0 N–H and O–H groups in total. The van der Waals surface area contributed by atoms with E-state index >= 15 is 0 Å². The molecule has 0 radical (unpaired) electrons. The molecule has 0 aliphatic rings. The zero-order valence-corrected chi connectivity index (χ0v) is 14.3. The van der Waals surface area contributed by atoms with Crippen molar-refractivity contribution in [3.8, 4) is 0 Å². The molecular weight excluding hydrogens is 236 g/mol. The van der Waals surface area contributed by atoms with Crippen LogP contribution in [-0.2, 0) is 0 Å². The SMILES string of the molecule is C/C=C(C)\C=C\C(C)C(C)(C)CC(C)(S)CCC. The van der Waals surface area contributed by atoms with Gasteiger partial charge in [-0.15, -0.1) is 0 Å². The average molecular weight is 269 g/mol. The minimum atomic E-state index is 0.149. The fourth-order valence-electron chi connectivity index (χ4n) is 2.42. The third-order valence-electron chi connectivity index (χ3n) is 3.96. The highest BCUT2D eigenvalue weighted by Gasteiger charge is 2.32. The standard InChI is InChI=1S/C17H32S/c1-8-12-17(7,18)13-16(5,6)15(4)11-10-14(3)9-2/h9-11,15,18H,8,12-13H2,1-7H3/b11-10+,14-9-.